The Morgan fingerprint density at radius 3 is 2.69 bits per heavy atom. The monoisotopic (exact) mass is 374 g/mol. The van der Waals surface area contributed by atoms with Gasteiger partial charge in [-0.15, -0.1) is 0 Å². The van der Waals surface area contributed by atoms with E-state index in [4.69, 9.17) is 14.4 Å². The Morgan fingerprint density at radius 2 is 2.04 bits per heavy atom. The number of benzene rings is 1. The molecule has 0 amide bonds. The van der Waals surface area contributed by atoms with Crippen molar-refractivity contribution < 1.29 is 14.4 Å². The zero-order valence-corrected chi connectivity index (χ0v) is 15.2. The van der Waals surface area contributed by atoms with Gasteiger partial charge in [-0.3, -0.25) is 4.79 Å². The summed E-state index contributed by atoms with van der Waals surface area (Å²) in [7, 11) is 1.61. The fraction of sp³-hybridized carbons (Fsp3) is 0.294. The molecule has 1 aromatic carbocycles. The summed E-state index contributed by atoms with van der Waals surface area (Å²) in [6.07, 6.45) is 0.286. The minimum Gasteiger partial charge on any atom is -0.497 e. The number of aryl methyl sites for hydroxylation is 1. The Labute approximate surface area is 153 Å². The van der Waals surface area contributed by atoms with E-state index >= 15 is 0 Å². The van der Waals surface area contributed by atoms with E-state index in [1.165, 1.54) is 11.8 Å². The van der Waals surface area contributed by atoms with Crippen LogP contribution in [-0.4, -0.2) is 38.9 Å². The molecule has 0 unspecified atom stereocenters. The molecule has 8 nitrogen and oxygen atoms in total. The summed E-state index contributed by atoms with van der Waals surface area (Å²) in [6.45, 7) is 1.66. The molecule has 3 rings (SSSR count). The summed E-state index contributed by atoms with van der Waals surface area (Å²) < 4.78 is 10.4. The van der Waals surface area contributed by atoms with Crippen LogP contribution in [0.2, 0.25) is 0 Å². The van der Waals surface area contributed by atoms with E-state index in [2.05, 4.69) is 20.1 Å². The van der Waals surface area contributed by atoms with Crippen molar-refractivity contribution in [3.8, 4) is 17.1 Å². The first-order valence-corrected chi connectivity index (χ1v) is 8.89. The molecule has 0 bridgehead atoms. The second-order valence-electron chi connectivity index (χ2n) is 5.44. The maximum absolute atomic E-state index is 12.0. The Morgan fingerprint density at radius 1 is 1.27 bits per heavy atom. The summed E-state index contributed by atoms with van der Waals surface area (Å²) in [6, 6.07) is 7.35. The Kier molecular flexibility index (Phi) is 5.69. The van der Waals surface area contributed by atoms with E-state index in [9.17, 15) is 4.79 Å². The average molecular weight is 374 g/mol. The quantitative estimate of drug-likeness (QED) is 0.476. The SMILES string of the molecule is COc1ccc(-c2noc(CSc3nc(C)c(CCO)c(=O)[nH]3)n2)cc1. The highest BCUT2D eigenvalue weighted by atomic mass is 32.2. The summed E-state index contributed by atoms with van der Waals surface area (Å²) in [5.41, 5.74) is 1.69. The number of ether oxygens (including phenoxy) is 1. The van der Waals surface area contributed by atoms with E-state index in [0.717, 1.165) is 11.3 Å². The van der Waals surface area contributed by atoms with Gasteiger partial charge in [-0.1, -0.05) is 16.9 Å². The summed E-state index contributed by atoms with van der Waals surface area (Å²) in [4.78, 5) is 23.4. The molecule has 0 aliphatic rings. The van der Waals surface area contributed by atoms with Gasteiger partial charge in [0, 0.05) is 29.8 Å². The Bertz CT molecular complexity index is 937. The van der Waals surface area contributed by atoms with E-state index in [0.29, 0.717) is 33.9 Å². The summed E-state index contributed by atoms with van der Waals surface area (Å²) in [5.74, 6) is 2.05. The number of aromatic nitrogens is 4. The molecule has 0 saturated carbocycles. The molecule has 9 heteroatoms. The van der Waals surface area contributed by atoms with Crippen LogP contribution in [0.25, 0.3) is 11.4 Å². The van der Waals surface area contributed by atoms with Gasteiger partial charge >= 0.3 is 0 Å². The van der Waals surface area contributed by atoms with Gasteiger partial charge < -0.3 is 19.4 Å². The van der Waals surface area contributed by atoms with Crippen LogP contribution in [0.1, 0.15) is 17.1 Å². The van der Waals surface area contributed by atoms with E-state index < -0.39 is 0 Å². The lowest BCUT2D eigenvalue weighted by Crippen LogP contribution is -2.18. The van der Waals surface area contributed by atoms with Gasteiger partial charge in [-0.25, -0.2) is 4.98 Å². The molecule has 2 aromatic heterocycles. The lowest BCUT2D eigenvalue weighted by Gasteiger charge is -2.04. The van der Waals surface area contributed by atoms with Crippen molar-refractivity contribution in [1.82, 2.24) is 20.1 Å². The first kappa shape index (κ1) is 18.2. The number of nitrogens with one attached hydrogen (secondary N) is 1. The maximum Gasteiger partial charge on any atom is 0.255 e. The molecule has 0 spiro atoms. The third-order valence-electron chi connectivity index (χ3n) is 3.71. The summed E-state index contributed by atoms with van der Waals surface area (Å²) in [5, 5.41) is 13.4. The number of nitrogens with zero attached hydrogens (tertiary/aromatic N) is 3. The number of hydrogen-bond donors (Lipinski definition) is 2. The third kappa shape index (κ3) is 4.12. The standard InChI is InChI=1S/C17H18N4O4S/c1-10-13(7-8-22)16(23)20-17(18-10)26-9-14-19-15(21-25-14)11-3-5-12(24-2)6-4-11/h3-6,22H,7-9H2,1-2H3,(H,18,20,23). The highest BCUT2D eigenvalue weighted by Gasteiger charge is 2.12. The minimum absolute atomic E-state index is 0.0891. The number of aliphatic hydroxyl groups excluding tert-OH is 1. The zero-order chi connectivity index (χ0) is 18.5. The molecule has 3 aromatic rings. The van der Waals surface area contributed by atoms with Crippen LogP contribution in [0, 0.1) is 6.92 Å². The maximum atomic E-state index is 12.0. The topological polar surface area (TPSA) is 114 Å². The predicted octanol–water partition coefficient (Wildman–Crippen LogP) is 1.96. The molecule has 26 heavy (non-hydrogen) atoms. The fourth-order valence-electron chi connectivity index (χ4n) is 2.36. The lowest BCUT2D eigenvalue weighted by molar-refractivity contribution is 0.298. The van der Waals surface area contributed by atoms with Crippen LogP contribution in [0.15, 0.2) is 38.7 Å². The Balaban J connectivity index is 1.69. The number of aromatic amines is 1. The van der Waals surface area contributed by atoms with Crippen molar-refractivity contribution in [2.24, 2.45) is 0 Å². The summed E-state index contributed by atoms with van der Waals surface area (Å²) >= 11 is 1.30. The first-order valence-electron chi connectivity index (χ1n) is 7.91. The van der Waals surface area contributed by atoms with Crippen molar-refractivity contribution in [2.45, 2.75) is 24.3 Å². The molecule has 136 valence electrons. The largest absolute Gasteiger partial charge is 0.497 e. The number of hydrogen-bond acceptors (Lipinski definition) is 8. The molecule has 2 heterocycles. The highest BCUT2D eigenvalue weighted by Crippen LogP contribution is 2.22. The molecule has 0 radical (unpaired) electrons. The van der Waals surface area contributed by atoms with Gasteiger partial charge in [0.05, 0.1) is 12.9 Å². The minimum atomic E-state index is -0.237. The van der Waals surface area contributed by atoms with Crippen molar-refractivity contribution in [1.29, 1.82) is 0 Å². The van der Waals surface area contributed by atoms with E-state index in [1.807, 2.05) is 24.3 Å². The normalized spacial score (nSPS) is 10.9. The Hall–Kier alpha value is -2.65. The number of aliphatic hydroxyl groups is 1. The average Bonchev–Trinajstić information content (AvgIpc) is 3.12. The van der Waals surface area contributed by atoms with Crippen molar-refractivity contribution >= 4 is 11.8 Å². The van der Waals surface area contributed by atoms with Crippen LogP contribution in [0.4, 0.5) is 0 Å². The third-order valence-corrected chi connectivity index (χ3v) is 4.57. The van der Waals surface area contributed by atoms with Crippen LogP contribution < -0.4 is 10.3 Å². The van der Waals surface area contributed by atoms with Gasteiger partial charge in [0.15, 0.2) is 5.16 Å². The molecular weight excluding hydrogens is 356 g/mol. The number of H-pyrrole nitrogens is 1. The molecule has 0 fully saturated rings. The van der Waals surface area contributed by atoms with Crippen molar-refractivity contribution in [2.75, 3.05) is 13.7 Å². The number of methoxy groups -OCH3 is 1. The van der Waals surface area contributed by atoms with Gasteiger partial charge in [0.2, 0.25) is 11.7 Å². The fourth-order valence-corrected chi connectivity index (χ4v) is 3.10. The second kappa shape index (κ2) is 8.15. The van der Waals surface area contributed by atoms with Crippen LogP contribution in [0.3, 0.4) is 0 Å². The van der Waals surface area contributed by atoms with Crippen molar-refractivity contribution in [3.63, 3.8) is 0 Å². The molecule has 2 N–H and O–H groups in total. The molecule has 0 atom stereocenters. The lowest BCUT2D eigenvalue weighted by atomic mass is 10.2. The highest BCUT2D eigenvalue weighted by molar-refractivity contribution is 7.98. The molecule has 0 aliphatic carbocycles. The van der Waals surface area contributed by atoms with Crippen LogP contribution in [-0.2, 0) is 12.2 Å². The number of thioether (sulfide) groups is 1. The number of rotatable bonds is 7. The van der Waals surface area contributed by atoms with Gasteiger partial charge in [0.25, 0.3) is 5.56 Å². The van der Waals surface area contributed by atoms with E-state index in [1.54, 1.807) is 14.0 Å². The van der Waals surface area contributed by atoms with Crippen LogP contribution in [0.5, 0.6) is 5.75 Å². The molecule has 0 saturated heterocycles. The first-order chi connectivity index (χ1) is 12.6. The van der Waals surface area contributed by atoms with Crippen LogP contribution >= 0.6 is 11.8 Å². The zero-order valence-electron chi connectivity index (χ0n) is 14.4. The van der Waals surface area contributed by atoms with Gasteiger partial charge in [-0.05, 0) is 31.2 Å². The molecule has 0 aliphatic heterocycles. The molecular formula is C17H18N4O4S. The van der Waals surface area contributed by atoms with Crippen molar-refractivity contribution in [3.05, 3.63) is 51.8 Å². The van der Waals surface area contributed by atoms with E-state index in [-0.39, 0.29) is 18.6 Å². The smallest absolute Gasteiger partial charge is 0.255 e. The second-order valence-corrected chi connectivity index (χ2v) is 6.40. The van der Waals surface area contributed by atoms with Gasteiger partial charge in [-0.2, -0.15) is 4.98 Å². The predicted molar refractivity (Wildman–Crippen MR) is 96.2 cm³/mol. The van der Waals surface area contributed by atoms with Gasteiger partial charge in [0.1, 0.15) is 5.75 Å².